The van der Waals surface area contributed by atoms with Gasteiger partial charge in [-0.05, 0) is 42.0 Å². The molecule has 2 aromatic carbocycles. The lowest BCUT2D eigenvalue weighted by molar-refractivity contribution is 0.128. The number of hydrogen-bond donors (Lipinski definition) is 2. The van der Waals surface area contributed by atoms with Crippen molar-refractivity contribution in [3.63, 3.8) is 0 Å². The predicted octanol–water partition coefficient (Wildman–Crippen LogP) is 3.99. The van der Waals surface area contributed by atoms with Crippen LogP contribution < -0.4 is 10.6 Å². The summed E-state index contributed by atoms with van der Waals surface area (Å²) in [6.07, 6.45) is 0. The second-order valence-electron chi connectivity index (χ2n) is 6.81. The first-order valence-corrected chi connectivity index (χ1v) is 9.74. The molecule has 0 atom stereocenters. The van der Waals surface area contributed by atoms with E-state index in [-0.39, 0.29) is 30.8 Å². The summed E-state index contributed by atoms with van der Waals surface area (Å²) in [6, 6.07) is 16.6. The zero-order valence-electron chi connectivity index (χ0n) is 16.5. The van der Waals surface area contributed by atoms with Gasteiger partial charge in [0.1, 0.15) is 0 Å². The van der Waals surface area contributed by atoms with E-state index in [4.69, 9.17) is 16.9 Å². The Kier molecular flexibility index (Phi) is 11.6. The van der Waals surface area contributed by atoms with Crippen LogP contribution in [-0.4, -0.2) is 55.1 Å². The van der Waals surface area contributed by atoms with Crippen LogP contribution in [0.1, 0.15) is 11.1 Å². The molecule has 2 aromatic rings. The lowest BCUT2D eigenvalue weighted by Gasteiger charge is -2.34. The molecule has 0 aliphatic carbocycles. The lowest BCUT2D eigenvalue weighted by atomic mass is 10.2. The third-order valence-electron chi connectivity index (χ3n) is 4.77. The average molecular weight is 471 g/mol. The number of carbonyl (C=O) groups excluding carboxylic acids is 1. The number of benzene rings is 2. The molecule has 162 valence electrons. The van der Waals surface area contributed by atoms with Crippen molar-refractivity contribution in [2.75, 3.05) is 44.6 Å². The van der Waals surface area contributed by atoms with Crippen molar-refractivity contribution in [2.45, 2.75) is 6.54 Å². The van der Waals surface area contributed by atoms with Gasteiger partial charge >= 0.3 is 6.03 Å². The fourth-order valence-corrected chi connectivity index (χ4v) is 3.28. The quantitative estimate of drug-likeness (QED) is 0.669. The Labute approximate surface area is 195 Å². The van der Waals surface area contributed by atoms with Gasteiger partial charge in [0.2, 0.25) is 0 Å². The van der Waals surface area contributed by atoms with Crippen molar-refractivity contribution in [1.82, 2.24) is 15.1 Å². The number of carbonyl (C=O) groups is 1. The number of rotatable bonds is 6. The molecule has 0 spiro atoms. The first-order valence-electron chi connectivity index (χ1n) is 9.36. The third kappa shape index (κ3) is 8.39. The number of anilines is 1. The number of nitrogens with zero attached hydrogens (tertiary/aromatic N) is 3. The van der Waals surface area contributed by atoms with Crippen LogP contribution >= 0.6 is 36.4 Å². The van der Waals surface area contributed by atoms with E-state index in [1.165, 1.54) is 5.56 Å². The zero-order chi connectivity index (χ0) is 19.8. The van der Waals surface area contributed by atoms with Crippen LogP contribution in [0.15, 0.2) is 48.5 Å². The van der Waals surface area contributed by atoms with Gasteiger partial charge in [-0.3, -0.25) is 9.80 Å². The van der Waals surface area contributed by atoms with Gasteiger partial charge in [-0.1, -0.05) is 23.7 Å². The van der Waals surface area contributed by atoms with Gasteiger partial charge in [0.15, 0.2) is 0 Å². The maximum Gasteiger partial charge on any atom is 0.319 e. The van der Waals surface area contributed by atoms with E-state index in [1.807, 2.05) is 12.1 Å². The predicted molar refractivity (Wildman–Crippen MR) is 126 cm³/mol. The zero-order valence-corrected chi connectivity index (χ0v) is 18.9. The highest BCUT2D eigenvalue weighted by Crippen LogP contribution is 2.13. The minimum Gasteiger partial charge on any atom is -0.337 e. The Bertz CT molecular complexity index is 816. The summed E-state index contributed by atoms with van der Waals surface area (Å²) in [5, 5.41) is 15.2. The number of piperazine rings is 1. The molecule has 1 fully saturated rings. The monoisotopic (exact) mass is 469 g/mol. The van der Waals surface area contributed by atoms with Gasteiger partial charge in [0, 0.05) is 56.5 Å². The first kappa shape index (κ1) is 26.0. The Morgan fingerprint density at radius 2 is 1.57 bits per heavy atom. The molecule has 1 heterocycles. The molecule has 2 amide bonds. The van der Waals surface area contributed by atoms with Crippen molar-refractivity contribution < 1.29 is 4.79 Å². The fraction of sp³-hybridized carbons (Fsp3) is 0.333. The third-order valence-corrected chi connectivity index (χ3v) is 5.02. The molecular weight excluding hydrogens is 445 g/mol. The SMILES string of the molecule is Cl.Cl.N#Cc1ccc(NC(=O)NCCN2CCN(Cc3ccc(Cl)cc3)CC2)cc1. The summed E-state index contributed by atoms with van der Waals surface area (Å²) < 4.78 is 0. The minimum absolute atomic E-state index is 0. The van der Waals surface area contributed by atoms with Gasteiger partial charge < -0.3 is 10.6 Å². The molecular formula is C21H26Cl3N5O. The second-order valence-corrected chi connectivity index (χ2v) is 7.25. The Balaban J connectivity index is 0.00000225. The topological polar surface area (TPSA) is 71.4 Å². The van der Waals surface area contributed by atoms with Gasteiger partial charge in [0.25, 0.3) is 0 Å². The van der Waals surface area contributed by atoms with Crippen LogP contribution in [0.25, 0.3) is 0 Å². The molecule has 1 aliphatic heterocycles. The van der Waals surface area contributed by atoms with Gasteiger partial charge in [-0.15, -0.1) is 24.8 Å². The lowest BCUT2D eigenvalue weighted by Crippen LogP contribution is -2.48. The van der Waals surface area contributed by atoms with Crippen LogP contribution in [0, 0.1) is 11.3 Å². The molecule has 9 heteroatoms. The maximum absolute atomic E-state index is 12.0. The van der Waals surface area contributed by atoms with Crippen molar-refractivity contribution in [1.29, 1.82) is 5.26 Å². The van der Waals surface area contributed by atoms with Crippen LogP contribution in [0.5, 0.6) is 0 Å². The number of urea groups is 1. The number of nitriles is 1. The standard InChI is InChI=1S/C21H24ClN5O.2ClH/c22-19-5-1-18(2-6-19)16-27-13-11-26(12-14-27)10-9-24-21(28)25-20-7-3-17(15-23)4-8-20;;/h1-8H,9-14,16H2,(H2,24,25,28);2*1H. The van der Waals surface area contributed by atoms with Crippen LogP contribution in [0.3, 0.4) is 0 Å². The Hall–Kier alpha value is -2.01. The highest BCUT2D eigenvalue weighted by molar-refractivity contribution is 6.30. The number of amides is 2. The molecule has 0 bridgehead atoms. The van der Waals surface area contributed by atoms with Gasteiger partial charge in [0.05, 0.1) is 11.6 Å². The first-order chi connectivity index (χ1) is 13.6. The molecule has 0 aromatic heterocycles. The van der Waals surface area contributed by atoms with E-state index >= 15 is 0 Å². The second kappa shape index (κ2) is 13.3. The van der Waals surface area contributed by atoms with E-state index in [9.17, 15) is 4.79 Å². The molecule has 30 heavy (non-hydrogen) atoms. The van der Waals surface area contributed by atoms with E-state index in [0.717, 1.165) is 44.3 Å². The molecule has 1 saturated heterocycles. The molecule has 6 nitrogen and oxygen atoms in total. The summed E-state index contributed by atoms with van der Waals surface area (Å²) in [5.74, 6) is 0. The maximum atomic E-state index is 12.0. The summed E-state index contributed by atoms with van der Waals surface area (Å²) in [6.45, 7) is 6.38. The summed E-state index contributed by atoms with van der Waals surface area (Å²) in [4.78, 5) is 16.8. The number of hydrogen-bond acceptors (Lipinski definition) is 4. The van der Waals surface area contributed by atoms with Gasteiger partial charge in [-0.2, -0.15) is 5.26 Å². The highest BCUT2D eigenvalue weighted by atomic mass is 35.5. The van der Waals surface area contributed by atoms with Crippen molar-refractivity contribution in [2.24, 2.45) is 0 Å². The van der Waals surface area contributed by atoms with E-state index in [0.29, 0.717) is 17.8 Å². The molecule has 0 radical (unpaired) electrons. The average Bonchev–Trinajstić information content (AvgIpc) is 2.71. The van der Waals surface area contributed by atoms with Crippen LogP contribution in [0.2, 0.25) is 5.02 Å². The molecule has 0 unspecified atom stereocenters. The summed E-state index contributed by atoms with van der Waals surface area (Å²) >= 11 is 5.94. The Morgan fingerprint density at radius 3 is 2.17 bits per heavy atom. The summed E-state index contributed by atoms with van der Waals surface area (Å²) in [7, 11) is 0. The van der Waals surface area contributed by atoms with Crippen LogP contribution in [0.4, 0.5) is 10.5 Å². The van der Waals surface area contributed by atoms with E-state index < -0.39 is 0 Å². The van der Waals surface area contributed by atoms with Crippen LogP contribution in [-0.2, 0) is 6.54 Å². The molecule has 1 aliphatic rings. The molecule has 3 rings (SSSR count). The molecule has 0 saturated carbocycles. The summed E-state index contributed by atoms with van der Waals surface area (Å²) in [5.41, 5.74) is 2.52. The highest BCUT2D eigenvalue weighted by Gasteiger charge is 2.16. The van der Waals surface area contributed by atoms with Crippen molar-refractivity contribution in [3.8, 4) is 6.07 Å². The largest absolute Gasteiger partial charge is 0.337 e. The van der Waals surface area contributed by atoms with E-state index in [2.05, 4.69) is 38.6 Å². The Morgan fingerprint density at radius 1 is 0.967 bits per heavy atom. The normalized spacial score (nSPS) is 14.0. The number of nitrogens with one attached hydrogen (secondary N) is 2. The number of halogens is 3. The molecule has 2 N–H and O–H groups in total. The smallest absolute Gasteiger partial charge is 0.319 e. The fourth-order valence-electron chi connectivity index (χ4n) is 3.15. The van der Waals surface area contributed by atoms with E-state index in [1.54, 1.807) is 24.3 Å². The van der Waals surface area contributed by atoms with Crippen molar-refractivity contribution in [3.05, 3.63) is 64.7 Å². The van der Waals surface area contributed by atoms with Crippen molar-refractivity contribution >= 4 is 48.1 Å². The minimum atomic E-state index is -0.230. The van der Waals surface area contributed by atoms with Gasteiger partial charge in [-0.25, -0.2) is 4.79 Å².